The third-order valence-corrected chi connectivity index (χ3v) is 0. The number of halogens is 24. The Bertz CT molecular complexity index is 214. The van der Waals surface area contributed by atoms with Crippen LogP contribution in [0.4, 0.5) is 104 Å². The maximum Gasteiger partial charge on any atom is 0.673 e. The van der Waals surface area contributed by atoms with Crippen LogP contribution < -0.4 is 0 Å². The third-order valence-electron chi connectivity index (χ3n) is 0. The van der Waals surface area contributed by atoms with E-state index in [1.54, 1.807) is 0 Å². The van der Waals surface area contributed by atoms with Gasteiger partial charge in [0.2, 0.25) is 0 Å². The molecule has 0 aliphatic rings. The van der Waals surface area contributed by atoms with Crippen LogP contribution in [0.2, 0.25) is 0 Å². The zero-order chi connectivity index (χ0) is 27.0. The normalized spacial score (nSPS) is 11.6. The van der Waals surface area contributed by atoms with Gasteiger partial charge >= 0.3 is 43.5 Å². The van der Waals surface area contributed by atoms with Crippen molar-refractivity contribution in [2.45, 2.75) is 0 Å². The standard InChI is InChI=1S/6BF4.Zn/c6*2-1(3,4)5;/q6*-1;. The van der Waals surface area contributed by atoms with Crippen molar-refractivity contribution in [3.8, 4) is 0 Å². The van der Waals surface area contributed by atoms with E-state index in [2.05, 4.69) is 0 Å². The first-order valence-electron chi connectivity index (χ1n) is 5.24. The van der Waals surface area contributed by atoms with E-state index < -0.39 is 43.5 Å². The molecular formula is B6F24Zn-6. The van der Waals surface area contributed by atoms with E-state index in [0.29, 0.717) is 0 Å². The molecule has 0 aromatic heterocycles. The van der Waals surface area contributed by atoms with Gasteiger partial charge in [0.05, 0.1) is 0 Å². The molecule has 0 bridgehead atoms. The predicted molar refractivity (Wildman–Crippen MR) is 61.1 cm³/mol. The molecule has 0 heterocycles. The maximum absolute atomic E-state index is 9.75. The molecular weight excluding hydrogens is 586 g/mol. The van der Waals surface area contributed by atoms with Crippen LogP contribution >= 0.6 is 0 Å². The average molecular weight is 586 g/mol. The molecule has 0 aromatic rings. The fourth-order valence-corrected chi connectivity index (χ4v) is 0. The van der Waals surface area contributed by atoms with Gasteiger partial charge in [-0.15, -0.1) is 0 Å². The van der Waals surface area contributed by atoms with E-state index in [-0.39, 0.29) is 19.5 Å². The second-order valence-electron chi connectivity index (χ2n) is 2.97. The topological polar surface area (TPSA) is 0 Å². The molecule has 0 saturated heterocycles. The summed E-state index contributed by atoms with van der Waals surface area (Å²) in [4.78, 5) is 0. The molecule has 0 fully saturated rings. The molecule has 0 nitrogen and oxygen atoms in total. The van der Waals surface area contributed by atoms with E-state index in [4.69, 9.17) is 0 Å². The minimum atomic E-state index is -6.00. The molecule has 0 N–H and O–H groups in total. The second-order valence-corrected chi connectivity index (χ2v) is 2.97. The first-order valence-corrected chi connectivity index (χ1v) is 5.24. The van der Waals surface area contributed by atoms with Gasteiger partial charge in [0.25, 0.3) is 0 Å². The van der Waals surface area contributed by atoms with Gasteiger partial charge < -0.3 is 104 Å². The molecule has 0 saturated carbocycles. The number of hydrogen-bond donors (Lipinski definition) is 0. The van der Waals surface area contributed by atoms with Crippen molar-refractivity contribution in [2.24, 2.45) is 0 Å². The Morgan fingerprint density at radius 3 is 0.161 bits per heavy atom. The second kappa shape index (κ2) is 18.9. The van der Waals surface area contributed by atoms with Gasteiger partial charge in [-0.2, -0.15) is 0 Å². The molecule has 0 aliphatic carbocycles. The van der Waals surface area contributed by atoms with Crippen LogP contribution in [0.1, 0.15) is 0 Å². The summed E-state index contributed by atoms with van der Waals surface area (Å²) in [5.74, 6) is 0. The molecule has 31 heteroatoms. The first-order chi connectivity index (χ1) is 12.0. The fraction of sp³-hybridized carbons (Fsp3) is 0. The Hall–Kier alpha value is -0.667. The summed E-state index contributed by atoms with van der Waals surface area (Å²) in [6.45, 7) is 0. The monoisotopic (exact) mass is 586 g/mol. The minimum absolute atomic E-state index is 0. The quantitative estimate of drug-likeness (QED) is 0.201. The van der Waals surface area contributed by atoms with Crippen LogP contribution in [0, 0.1) is 0 Å². The molecule has 194 valence electrons. The number of rotatable bonds is 0. The van der Waals surface area contributed by atoms with Gasteiger partial charge in [0, 0.05) is 19.5 Å². The van der Waals surface area contributed by atoms with E-state index in [1.807, 2.05) is 0 Å². The van der Waals surface area contributed by atoms with Crippen molar-refractivity contribution in [3.05, 3.63) is 0 Å². The maximum atomic E-state index is 9.75. The van der Waals surface area contributed by atoms with Crippen LogP contribution in [0.15, 0.2) is 0 Å². The summed E-state index contributed by atoms with van der Waals surface area (Å²) < 4.78 is 234. The van der Waals surface area contributed by atoms with Gasteiger partial charge in [-0.3, -0.25) is 0 Å². The van der Waals surface area contributed by atoms with E-state index in [0.717, 1.165) is 0 Å². The minimum Gasteiger partial charge on any atom is -0.418 e. The van der Waals surface area contributed by atoms with Crippen LogP contribution in [-0.2, 0) is 19.5 Å². The molecule has 0 aromatic carbocycles. The Balaban J connectivity index is -0.0000000443. The summed E-state index contributed by atoms with van der Waals surface area (Å²) in [6, 6.07) is 0. The Morgan fingerprint density at radius 2 is 0.161 bits per heavy atom. The van der Waals surface area contributed by atoms with Crippen LogP contribution in [-0.4, -0.2) is 43.5 Å². The van der Waals surface area contributed by atoms with Crippen LogP contribution in [0.3, 0.4) is 0 Å². The summed E-state index contributed by atoms with van der Waals surface area (Å²) >= 11 is 0. The molecule has 0 radical (unpaired) electrons. The van der Waals surface area contributed by atoms with Crippen molar-refractivity contribution < 1.29 is 123 Å². The smallest absolute Gasteiger partial charge is 0.418 e. The van der Waals surface area contributed by atoms with Gasteiger partial charge in [-0.25, -0.2) is 0 Å². The Kier molecular flexibility index (Phi) is 29.2. The van der Waals surface area contributed by atoms with Crippen molar-refractivity contribution in [2.75, 3.05) is 0 Å². The summed E-state index contributed by atoms with van der Waals surface area (Å²) in [5, 5.41) is 0. The van der Waals surface area contributed by atoms with E-state index in [1.165, 1.54) is 0 Å². The van der Waals surface area contributed by atoms with Crippen molar-refractivity contribution in [1.82, 2.24) is 0 Å². The molecule has 0 atom stereocenters. The average Bonchev–Trinajstić information content (AvgIpc) is 1.94. The van der Waals surface area contributed by atoms with Crippen LogP contribution in [0.5, 0.6) is 0 Å². The van der Waals surface area contributed by atoms with Gasteiger partial charge in [-0.1, -0.05) is 0 Å². The van der Waals surface area contributed by atoms with Gasteiger partial charge in [0.15, 0.2) is 0 Å². The van der Waals surface area contributed by atoms with E-state index in [9.17, 15) is 104 Å². The van der Waals surface area contributed by atoms with Gasteiger partial charge in [-0.05, 0) is 0 Å². The summed E-state index contributed by atoms with van der Waals surface area (Å²) in [7, 11) is -36.0. The van der Waals surface area contributed by atoms with Crippen LogP contribution in [0.25, 0.3) is 0 Å². The number of hydrogen-bond acceptors (Lipinski definition) is 0. The largest absolute Gasteiger partial charge is 0.673 e. The summed E-state index contributed by atoms with van der Waals surface area (Å²) in [6.07, 6.45) is 0. The van der Waals surface area contributed by atoms with Crippen molar-refractivity contribution in [1.29, 1.82) is 0 Å². The molecule has 0 unspecified atom stereocenters. The molecule has 0 rings (SSSR count). The molecule has 31 heavy (non-hydrogen) atoms. The third kappa shape index (κ3) is 49300. The molecule has 0 aliphatic heterocycles. The molecule has 0 amide bonds. The van der Waals surface area contributed by atoms with E-state index >= 15 is 0 Å². The van der Waals surface area contributed by atoms with Gasteiger partial charge in [0.1, 0.15) is 0 Å². The van der Waals surface area contributed by atoms with Crippen molar-refractivity contribution in [3.63, 3.8) is 0 Å². The Morgan fingerprint density at radius 1 is 0.161 bits per heavy atom. The zero-order valence-corrected chi connectivity index (χ0v) is 16.2. The SMILES string of the molecule is F[B-](F)(F)F.F[B-](F)(F)F.F[B-](F)(F)F.F[B-](F)(F)F.F[B-](F)(F)F.F[B-](F)(F)F.[Zn]. The Labute approximate surface area is 167 Å². The first kappa shape index (κ1) is 47.9. The zero-order valence-electron chi connectivity index (χ0n) is 13.2. The van der Waals surface area contributed by atoms with Crippen molar-refractivity contribution >= 4 is 43.5 Å². The molecule has 0 spiro atoms. The predicted octanol–water partition coefficient (Wildman–Crippen LogP) is 7.80. The summed E-state index contributed by atoms with van der Waals surface area (Å²) in [5.41, 5.74) is 0. The fourth-order valence-electron chi connectivity index (χ4n) is 0.